The number of hydrogen-bond acceptors (Lipinski definition) is 6. The monoisotopic (exact) mass is 391 g/mol. The normalized spacial score (nSPS) is 10.2. The molecule has 2 aromatic carbocycles. The van der Waals surface area contributed by atoms with Crippen molar-refractivity contribution < 1.29 is 19.1 Å². The van der Waals surface area contributed by atoms with Crippen LogP contribution in [0.4, 0.5) is 17.1 Å². The number of rotatable bonds is 7. The Morgan fingerprint density at radius 2 is 1.48 bits per heavy atom. The molecule has 3 rings (SSSR count). The van der Waals surface area contributed by atoms with Gasteiger partial charge in [-0.15, -0.1) is 0 Å². The van der Waals surface area contributed by atoms with E-state index in [0.717, 1.165) is 5.69 Å². The first-order chi connectivity index (χ1) is 14.0. The molecule has 0 spiro atoms. The van der Waals surface area contributed by atoms with Gasteiger partial charge in [0.25, 0.3) is 5.91 Å². The van der Waals surface area contributed by atoms with Crippen molar-refractivity contribution in [1.29, 1.82) is 0 Å². The lowest BCUT2D eigenvalue weighted by Gasteiger charge is -2.12. The summed E-state index contributed by atoms with van der Waals surface area (Å²) in [5.41, 5.74) is 2.99. The van der Waals surface area contributed by atoms with Gasteiger partial charge in [-0.3, -0.25) is 14.6 Å². The number of carbonyl (C=O) groups excluding carboxylic acids is 2. The van der Waals surface area contributed by atoms with Gasteiger partial charge in [-0.2, -0.15) is 0 Å². The number of benzene rings is 2. The molecule has 0 bridgehead atoms. The molecular weight excluding hydrogens is 370 g/mol. The molecule has 1 amide bonds. The van der Waals surface area contributed by atoms with Crippen molar-refractivity contribution in [2.45, 2.75) is 6.92 Å². The van der Waals surface area contributed by atoms with Crippen molar-refractivity contribution in [3.05, 3.63) is 72.1 Å². The topological polar surface area (TPSA) is 89.5 Å². The Bertz CT molecular complexity index is 1030. The largest absolute Gasteiger partial charge is 0.493 e. The van der Waals surface area contributed by atoms with Crippen molar-refractivity contribution in [2.24, 2.45) is 0 Å². The van der Waals surface area contributed by atoms with Gasteiger partial charge < -0.3 is 20.1 Å². The minimum Gasteiger partial charge on any atom is -0.493 e. The average Bonchev–Trinajstić information content (AvgIpc) is 2.74. The molecule has 0 aliphatic carbocycles. The summed E-state index contributed by atoms with van der Waals surface area (Å²) in [4.78, 5) is 28.0. The maximum atomic E-state index is 12.5. The van der Waals surface area contributed by atoms with E-state index in [1.54, 1.807) is 62.9 Å². The van der Waals surface area contributed by atoms with Gasteiger partial charge in [0.1, 0.15) is 0 Å². The molecule has 0 fully saturated rings. The molecule has 0 aliphatic rings. The van der Waals surface area contributed by atoms with E-state index < -0.39 is 0 Å². The van der Waals surface area contributed by atoms with E-state index in [9.17, 15) is 9.59 Å². The number of carbonyl (C=O) groups is 2. The standard InChI is InChI=1S/C22H21N3O4/c1-14(26)15-4-6-17(7-5-15)25-22(27)16-10-19(13-23-12-16)24-18-8-9-20(28-2)21(11-18)29-3/h4-13,24H,1-3H3,(H,25,27). The maximum absolute atomic E-state index is 12.5. The molecule has 0 aliphatic heterocycles. The Morgan fingerprint density at radius 3 is 2.14 bits per heavy atom. The summed E-state index contributed by atoms with van der Waals surface area (Å²) in [6.07, 6.45) is 3.11. The third-order valence-corrected chi connectivity index (χ3v) is 4.22. The smallest absolute Gasteiger partial charge is 0.257 e. The molecule has 1 aromatic heterocycles. The van der Waals surface area contributed by atoms with Crippen LogP contribution in [0.1, 0.15) is 27.6 Å². The molecule has 0 saturated heterocycles. The van der Waals surface area contributed by atoms with Crippen LogP contribution in [0, 0.1) is 0 Å². The molecule has 0 saturated carbocycles. The third kappa shape index (κ3) is 4.90. The summed E-state index contributed by atoms with van der Waals surface area (Å²) >= 11 is 0. The molecule has 7 nitrogen and oxygen atoms in total. The number of Topliss-reactive ketones (excluding diaryl/α,β-unsaturated/α-hetero) is 1. The lowest BCUT2D eigenvalue weighted by atomic mass is 10.1. The summed E-state index contributed by atoms with van der Waals surface area (Å²) in [7, 11) is 3.14. The lowest BCUT2D eigenvalue weighted by molar-refractivity contribution is 0.101. The molecule has 2 N–H and O–H groups in total. The van der Waals surface area contributed by atoms with Crippen LogP contribution in [0.2, 0.25) is 0 Å². The fourth-order valence-electron chi connectivity index (χ4n) is 2.70. The molecule has 1 heterocycles. The Balaban J connectivity index is 1.73. The van der Waals surface area contributed by atoms with Crippen molar-refractivity contribution in [2.75, 3.05) is 24.9 Å². The van der Waals surface area contributed by atoms with E-state index in [4.69, 9.17) is 9.47 Å². The summed E-state index contributed by atoms with van der Waals surface area (Å²) in [6, 6.07) is 13.8. The van der Waals surface area contributed by atoms with E-state index >= 15 is 0 Å². The Labute approximate surface area is 168 Å². The number of nitrogens with one attached hydrogen (secondary N) is 2. The molecule has 0 atom stereocenters. The van der Waals surface area contributed by atoms with Gasteiger partial charge in [0.2, 0.25) is 0 Å². The Hall–Kier alpha value is -3.87. The van der Waals surface area contributed by atoms with Crippen molar-refractivity contribution in [1.82, 2.24) is 4.98 Å². The summed E-state index contributed by atoms with van der Waals surface area (Å²) < 4.78 is 10.5. The molecule has 7 heteroatoms. The van der Waals surface area contributed by atoms with Gasteiger partial charge >= 0.3 is 0 Å². The molecule has 148 valence electrons. The predicted octanol–water partition coefficient (Wildman–Crippen LogP) is 4.30. The fourth-order valence-corrected chi connectivity index (χ4v) is 2.70. The summed E-state index contributed by atoms with van der Waals surface area (Å²) in [5, 5.41) is 5.99. The van der Waals surface area contributed by atoms with E-state index in [0.29, 0.717) is 34.0 Å². The zero-order valence-electron chi connectivity index (χ0n) is 16.4. The second-order valence-electron chi connectivity index (χ2n) is 6.24. The van der Waals surface area contributed by atoms with Crippen LogP contribution < -0.4 is 20.1 Å². The number of aromatic nitrogens is 1. The van der Waals surface area contributed by atoms with Gasteiger partial charge in [0.15, 0.2) is 17.3 Å². The van der Waals surface area contributed by atoms with E-state index in [2.05, 4.69) is 15.6 Å². The van der Waals surface area contributed by atoms with Crippen LogP contribution in [0.5, 0.6) is 11.5 Å². The molecule has 29 heavy (non-hydrogen) atoms. The number of amides is 1. The quantitative estimate of drug-likeness (QED) is 0.584. The second-order valence-corrected chi connectivity index (χ2v) is 6.24. The summed E-state index contributed by atoms with van der Waals surface area (Å²) in [5.74, 6) is 0.888. The highest BCUT2D eigenvalue weighted by Gasteiger charge is 2.10. The van der Waals surface area contributed by atoms with Crippen LogP contribution in [-0.2, 0) is 0 Å². The summed E-state index contributed by atoms with van der Waals surface area (Å²) in [6.45, 7) is 1.50. The number of pyridine rings is 1. The number of ketones is 1. The number of methoxy groups -OCH3 is 2. The van der Waals surface area contributed by atoms with Gasteiger partial charge in [-0.1, -0.05) is 0 Å². The second kappa shape index (κ2) is 8.88. The number of anilines is 3. The molecule has 0 radical (unpaired) electrons. The van der Waals surface area contributed by atoms with E-state index in [1.807, 2.05) is 6.07 Å². The molecule has 3 aromatic rings. The van der Waals surface area contributed by atoms with Crippen molar-refractivity contribution in [3.8, 4) is 11.5 Å². The van der Waals surface area contributed by atoms with Crippen molar-refractivity contribution >= 4 is 28.8 Å². The van der Waals surface area contributed by atoms with Gasteiger partial charge in [-0.05, 0) is 49.4 Å². The molecule has 0 unspecified atom stereocenters. The Kier molecular flexibility index (Phi) is 6.09. The number of hydrogen-bond donors (Lipinski definition) is 2. The first kappa shape index (κ1) is 19.9. The van der Waals surface area contributed by atoms with E-state index in [-0.39, 0.29) is 11.7 Å². The van der Waals surface area contributed by atoms with E-state index in [1.165, 1.54) is 13.1 Å². The van der Waals surface area contributed by atoms with Crippen LogP contribution >= 0.6 is 0 Å². The highest BCUT2D eigenvalue weighted by molar-refractivity contribution is 6.05. The fraction of sp³-hybridized carbons (Fsp3) is 0.136. The number of ether oxygens (including phenoxy) is 2. The SMILES string of the molecule is COc1ccc(Nc2cncc(C(=O)Nc3ccc(C(C)=O)cc3)c2)cc1OC. The maximum Gasteiger partial charge on any atom is 0.257 e. The van der Waals surface area contributed by atoms with Gasteiger partial charge in [0.05, 0.1) is 31.7 Å². The zero-order valence-corrected chi connectivity index (χ0v) is 16.4. The minimum atomic E-state index is -0.302. The Morgan fingerprint density at radius 1 is 0.793 bits per heavy atom. The number of nitrogens with zero attached hydrogens (tertiary/aromatic N) is 1. The van der Waals surface area contributed by atoms with Crippen LogP contribution in [0.3, 0.4) is 0 Å². The zero-order chi connectivity index (χ0) is 20.8. The highest BCUT2D eigenvalue weighted by atomic mass is 16.5. The van der Waals surface area contributed by atoms with Crippen LogP contribution in [-0.4, -0.2) is 30.9 Å². The van der Waals surface area contributed by atoms with Crippen LogP contribution in [0.25, 0.3) is 0 Å². The highest BCUT2D eigenvalue weighted by Crippen LogP contribution is 2.31. The van der Waals surface area contributed by atoms with Crippen molar-refractivity contribution in [3.63, 3.8) is 0 Å². The van der Waals surface area contributed by atoms with Crippen LogP contribution in [0.15, 0.2) is 60.9 Å². The molecular formula is C22H21N3O4. The lowest BCUT2D eigenvalue weighted by Crippen LogP contribution is -2.12. The predicted molar refractivity (Wildman–Crippen MR) is 111 cm³/mol. The van der Waals surface area contributed by atoms with Gasteiger partial charge in [-0.25, -0.2) is 0 Å². The first-order valence-electron chi connectivity index (χ1n) is 8.86. The third-order valence-electron chi connectivity index (χ3n) is 4.22. The average molecular weight is 391 g/mol. The minimum absolute atomic E-state index is 0.0268. The first-order valence-corrected chi connectivity index (χ1v) is 8.86. The van der Waals surface area contributed by atoms with Gasteiger partial charge in [0, 0.05) is 29.2 Å².